The molecule has 1 unspecified atom stereocenters. The van der Waals surface area contributed by atoms with Crippen LogP contribution in [-0.2, 0) is 16.6 Å². The van der Waals surface area contributed by atoms with Gasteiger partial charge in [0.2, 0.25) is 11.8 Å². The minimum absolute atomic E-state index is 0.231. The number of likely N-dealkylation sites (tertiary alicyclic amines) is 1. The van der Waals surface area contributed by atoms with Crippen molar-refractivity contribution in [2.24, 2.45) is 24.6 Å². The molecule has 162 valence electrons. The predicted molar refractivity (Wildman–Crippen MR) is 116 cm³/mol. The smallest absolute Gasteiger partial charge is 0.328 e. The molecule has 8 heteroatoms. The zero-order chi connectivity index (χ0) is 21.7. The van der Waals surface area contributed by atoms with E-state index in [1.165, 1.54) is 4.57 Å². The number of hydrogen-bond donors (Lipinski definition) is 2. The van der Waals surface area contributed by atoms with Gasteiger partial charge in [-0.3, -0.25) is 24.0 Å². The van der Waals surface area contributed by atoms with E-state index in [1.807, 2.05) is 18.2 Å². The molecule has 1 aromatic carbocycles. The van der Waals surface area contributed by atoms with Crippen molar-refractivity contribution in [3.05, 3.63) is 34.2 Å². The Morgan fingerprint density at radius 1 is 1.16 bits per heavy atom. The zero-order valence-electron chi connectivity index (χ0n) is 17.6. The van der Waals surface area contributed by atoms with Crippen molar-refractivity contribution in [3.8, 4) is 11.8 Å². The van der Waals surface area contributed by atoms with Gasteiger partial charge >= 0.3 is 5.69 Å². The van der Waals surface area contributed by atoms with E-state index in [2.05, 4.69) is 22.1 Å². The SMILES string of the molecule is Cn1c(=O)n(C2CCC(=O)NC2=O)c2ccc(C#CC3CN(C[C@H]4C[C@H](N)C4)C3)cc21. The maximum atomic E-state index is 12.8. The number of imidazole rings is 1. The summed E-state index contributed by atoms with van der Waals surface area (Å²) in [7, 11) is 1.69. The van der Waals surface area contributed by atoms with Gasteiger partial charge in [-0.1, -0.05) is 11.8 Å². The average molecular weight is 422 g/mol. The molecule has 0 radical (unpaired) electrons. The van der Waals surface area contributed by atoms with Gasteiger partial charge in [0, 0.05) is 50.6 Å². The van der Waals surface area contributed by atoms with E-state index in [0.717, 1.165) is 49.5 Å². The monoisotopic (exact) mass is 421 g/mol. The summed E-state index contributed by atoms with van der Waals surface area (Å²) >= 11 is 0. The van der Waals surface area contributed by atoms with Gasteiger partial charge in [-0.05, 0) is 43.4 Å². The summed E-state index contributed by atoms with van der Waals surface area (Å²) in [5.41, 5.74) is 7.87. The molecule has 3 N–H and O–H groups in total. The number of nitrogens with zero attached hydrogens (tertiary/aromatic N) is 3. The first-order valence-corrected chi connectivity index (χ1v) is 10.9. The van der Waals surface area contributed by atoms with Crippen molar-refractivity contribution in [2.75, 3.05) is 19.6 Å². The van der Waals surface area contributed by atoms with Crippen molar-refractivity contribution < 1.29 is 9.59 Å². The van der Waals surface area contributed by atoms with E-state index in [0.29, 0.717) is 23.9 Å². The predicted octanol–water partition coefficient (Wildman–Crippen LogP) is 0.338. The van der Waals surface area contributed by atoms with Crippen LogP contribution in [0.1, 0.15) is 37.3 Å². The molecule has 3 heterocycles. The molecule has 8 nitrogen and oxygen atoms in total. The number of nitrogens with one attached hydrogen (secondary N) is 1. The van der Waals surface area contributed by atoms with Crippen molar-refractivity contribution in [3.63, 3.8) is 0 Å². The van der Waals surface area contributed by atoms with E-state index >= 15 is 0 Å². The van der Waals surface area contributed by atoms with Crippen LogP contribution in [0.5, 0.6) is 0 Å². The summed E-state index contributed by atoms with van der Waals surface area (Å²) in [6.45, 7) is 3.14. The van der Waals surface area contributed by atoms with Crippen LogP contribution >= 0.6 is 0 Å². The number of imide groups is 1. The number of hydrogen-bond acceptors (Lipinski definition) is 5. The highest BCUT2D eigenvalue weighted by molar-refractivity contribution is 6.00. The van der Waals surface area contributed by atoms with Crippen LogP contribution in [0.15, 0.2) is 23.0 Å². The minimum Gasteiger partial charge on any atom is -0.328 e. The fraction of sp³-hybridized carbons (Fsp3) is 0.522. The van der Waals surface area contributed by atoms with E-state index in [1.54, 1.807) is 11.6 Å². The Labute approximate surface area is 180 Å². The Hall–Kier alpha value is -2.89. The number of carbonyl (C=O) groups excluding carboxylic acids is 2. The van der Waals surface area contributed by atoms with E-state index in [4.69, 9.17) is 5.73 Å². The van der Waals surface area contributed by atoms with Gasteiger partial charge in [-0.15, -0.1) is 0 Å². The maximum absolute atomic E-state index is 12.8. The van der Waals surface area contributed by atoms with Crippen LogP contribution in [0.25, 0.3) is 11.0 Å². The standard InChI is InChI=1S/C23H27N5O3/c1-26-20-10-14(2-3-15-11-27(12-15)13-16-8-17(24)9-16)4-5-18(20)28(23(26)31)19-6-7-21(29)25-22(19)30/h4-5,10,15-17,19H,6-9,11-13,24H2,1H3,(H,25,29,30)/t16-,17-,19?. The summed E-state index contributed by atoms with van der Waals surface area (Å²) < 4.78 is 3.03. The summed E-state index contributed by atoms with van der Waals surface area (Å²) in [6.07, 6.45) is 2.85. The number of nitrogens with two attached hydrogens (primary N) is 1. The minimum atomic E-state index is -0.669. The molecule has 2 saturated heterocycles. The highest BCUT2D eigenvalue weighted by Crippen LogP contribution is 2.29. The van der Waals surface area contributed by atoms with Gasteiger partial charge in [0.15, 0.2) is 0 Å². The highest BCUT2D eigenvalue weighted by Gasteiger charge is 2.33. The number of benzene rings is 1. The zero-order valence-corrected chi connectivity index (χ0v) is 17.6. The first-order chi connectivity index (χ1) is 14.9. The second-order valence-electron chi connectivity index (χ2n) is 9.16. The number of rotatable bonds is 3. The lowest BCUT2D eigenvalue weighted by Gasteiger charge is -2.42. The first-order valence-electron chi connectivity index (χ1n) is 10.9. The summed E-state index contributed by atoms with van der Waals surface area (Å²) in [6, 6.07) is 5.37. The third-order valence-corrected chi connectivity index (χ3v) is 6.78. The Kier molecular flexibility index (Phi) is 4.95. The lowest BCUT2D eigenvalue weighted by atomic mass is 9.80. The molecule has 0 spiro atoms. The van der Waals surface area contributed by atoms with E-state index in [9.17, 15) is 14.4 Å². The largest absolute Gasteiger partial charge is 0.329 e. The number of aryl methyl sites for hydroxylation is 1. The molecule has 0 bridgehead atoms. The van der Waals surface area contributed by atoms with Crippen LogP contribution in [-0.4, -0.2) is 51.5 Å². The molecule has 1 aromatic heterocycles. The fourth-order valence-corrected chi connectivity index (χ4v) is 4.97. The Morgan fingerprint density at radius 2 is 1.94 bits per heavy atom. The Balaban J connectivity index is 1.31. The lowest BCUT2D eigenvalue weighted by molar-refractivity contribution is -0.135. The molecular weight excluding hydrogens is 394 g/mol. The van der Waals surface area contributed by atoms with E-state index < -0.39 is 11.9 Å². The number of aromatic nitrogens is 2. The van der Waals surface area contributed by atoms with Crippen LogP contribution in [0.3, 0.4) is 0 Å². The highest BCUT2D eigenvalue weighted by atomic mass is 16.2. The fourth-order valence-electron chi connectivity index (χ4n) is 4.97. The second-order valence-corrected chi connectivity index (χ2v) is 9.16. The topological polar surface area (TPSA) is 102 Å². The number of piperidine rings is 1. The quantitative estimate of drug-likeness (QED) is 0.550. The van der Waals surface area contributed by atoms with E-state index in [-0.39, 0.29) is 18.0 Å². The van der Waals surface area contributed by atoms with Crippen LogP contribution in [0.4, 0.5) is 0 Å². The van der Waals surface area contributed by atoms with Crippen LogP contribution in [0.2, 0.25) is 0 Å². The first kappa shape index (κ1) is 20.0. The molecule has 2 aromatic rings. The van der Waals surface area contributed by atoms with Gasteiger partial charge in [-0.25, -0.2) is 4.79 Å². The van der Waals surface area contributed by atoms with Crippen molar-refractivity contribution in [1.29, 1.82) is 0 Å². The summed E-state index contributed by atoms with van der Waals surface area (Å²) in [4.78, 5) is 39.0. The molecule has 31 heavy (non-hydrogen) atoms. The summed E-state index contributed by atoms with van der Waals surface area (Å²) in [5.74, 6) is 7.02. The lowest BCUT2D eigenvalue weighted by Crippen LogP contribution is -2.51. The van der Waals surface area contributed by atoms with Crippen molar-refractivity contribution >= 4 is 22.8 Å². The molecule has 3 aliphatic rings. The Bertz CT molecular complexity index is 1170. The molecule has 5 rings (SSSR count). The van der Waals surface area contributed by atoms with Crippen molar-refractivity contribution in [1.82, 2.24) is 19.4 Å². The average Bonchev–Trinajstić information content (AvgIpc) is 2.92. The molecule has 2 amide bonds. The third kappa shape index (κ3) is 3.68. The molecule has 2 aliphatic heterocycles. The van der Waals surface area contributed by atoms with Gasteiger partial charge < -0.3 is 10.6 Å². The number of amides is 2. The Morgan fingerprint density at radius 3 is 2.65 bits per heavy atom. The van der Waals surface area contributed by atoms with Gasteiger partial charge in [0.1, 0.15) is 6.04 Å². The molecule has 3 fully saturated rings. The third-order valence-electron chi connectivity index (χ3n) is 6.78. The maximum Gasteiger partial charge on any atom is 0.329 e. The molecule has 1 atom stereocenters. The van der Waals surface area contributed by atoms with Gasteiger partial charge in [0.05, 0.1) is 11.0 Å². The normalized spacial score (nSPS) is 26.7. The number of fused-ring (bicyclic) bond motifs is 1. The van der Waals surface area contributed by atoms with Gasteiger partial charge in [-0.2, -0.15) is 0 Å². The van der Waals surface area contributed by atoms with Crippen LogP contribution in [0, 0.1) is 23.7 Å². The summed E-state index contributed by atoms with van der Waals surface area (Å²) in [5, 5.41) is 2.33. The van der Waals surface area contributed by atoms with Gasteiger partial charge in [0.25, 0.3) is 0 Å². The molecular formula is C23H27N5O3. The second kappa shape index (κ2) is 7.66. The van der Waals surface area contributed by atoms with Crippen molar-refractivity contribution in [2.45, 2.75) is 37.8 Å². The number of carbonyl (C=O) groups is 2. The molecule has 1 saturated carbocycles. The van der Waals surface area contributed by atoms with Crippen LogP contribution < -0.4 is 16.7 Å². The molecule has 1 aliphatic carbocycles.